The molecule has 17 heavy (non-hydrogen) atoms. The predicted octanol–water partition coefficient (Wildman–Crippen LogP) is 2.32. The van der Waals surface area contributed by atoms with Crippen molar-refractivity contribution in [3.8, 4) is 0 Å². The monoisotopic (exact) mass is 252 g/mol. The zero-order chi connectivity index (χ0) is 12.4. The van der Waals surface area contributed by atoms with Crippen LogP contribution in [0.1, 0.15) is 31.1 Å². The minimum absolute atomic E-state index is 0.288. The average Bonchev–Trinajstić information content (AvgIpc) is 2.68. The van der Waals surface area contributed by atoms with E-state index >= 15 is 0 Å². The maximum Gasteiger partial charge on any atom is 0.339 e. The highest BCUT2D eigenvalue weighted by atomic mass is 32.2. The van der Waals surface area contributed by atoms with E-state index in [0.29, 0.717) is 10.8 Å². The largest absolute Gasteiger partial charge is 0.464 e. The van der Waals surface area contributed by atoms with Crippen molar-refractivity contribution in [1.82, 2.24) is 0 Å². The molecule has 1 aromatic rings. The molecule has 0 aliphatic carbocycles. The maximum absolute atomic E-state index is 11.5. The van der Waals surface area contributed by atoms with Crippen LogP contribution in [0.25, 0.3) is 0 Å². The summed E-state index contributed by atoms with van der Waals surface area (Å²) in [4.78, 5) is 12.7. The number of carbonyl (C=O) groups is 1. The molecule has 2 atom stereocenters. The summed E-state index contributed by atoms with van der Waals surface area (Å²) in [6.07, 6.45) is -0.261. The number of benzene rings is 1. The van der Waals surface area contributed by atoms with Crippen LogP contribution in [-0.4, -0.2) is 22.9 Å². The number of aliphatic hydroxyl groups is 1. The first kappa shape index (κ1) is 12.5. The van der Waals surface area contributed by atoms with Gasteiger partial charge >= 0.3 is 5.97 Å². The molecule has 0 aromatic heterocycles. The number of esters is 1. The quantitative estimate of drug-likeness (QED) is 0.839. The van der Waals surface area contributed by atoms with Crippen LogP contribution in [0.15, 0.2) is 23.1 Å². The van der Waals surface area contributed by atoms with Crippen molar-refractivity contribution in [1.29, 1.82) is 0 Å². The van der Waals surface area contributed by atoms with Gasteiger partial charge in [-0.25, -0.2) is 4.79 Å². The molecule has 1 N–H and O–H groups in total. The number of fused-ring (bicyclic) bond motifs is 1. The van der Waals surface area contributed by atoms with E-state index in [1.54, 1.807) is 24.8 Å². The highest BCUT2D eigenvalue weighted by Crippen LogP contribution is 2.40. The van der Waals surface area contributed by atoms with Crippen molar-refractivity contribution in [2.75, 3.05) is 6.61 Å². The molecule has 0 radical (unpaired) electrons. The van der Waals surface area contributed by atoms with E-state index in [9.17, 15) is 9.90 Å². The summed E-state index contributed by atoms with van der Waals surface area (Å²) in [6, 6.07) is 5.71. The van der Waals surface area contributed by atoms with Crippen molar-refractivity contribution >= 4 is 17.7 Å². The molecule has 4 heteroatoms. The van der Waals surface area contributed by atoms with Gasteiger partial charge in [-0.1, -0.05) is 19.1 Å². The molecule has 1 heterocycles. The summed E-state index contributed by atoms with van der Waals surface area (Å²) >= 11 is 1.78. The fraction of sp³-hybridized carbons (Fsp3) is 0.462. The standard InChI is InChI=1S/C13H16O3S/c1-3-16-13(15)12(14)9-5-4-6-11-10(9)7-8(2)17-11/h4-6,8,12,14H,3,7H2,1-2H3. The Morgan fingerprint density at radius 2 is 2.41 bits per heavy atom. The lowest BCUT2D eigenvalue weighted by molar-refractivity contribution is -0.153. The van der Waals surface area contributed by atoms with Gasteiger partial charge in [0.1, 0.15) is 0 Å². The van der Waals surface area contributed by atoms with E-state index in [2.05, 4.69) is 6.92 Å². The van der Waals surface area contributed by atoms with E-state index in [4.69, 9.17) is 4.74 Å². The number of aliphatic hydroxyl groups excluding tert-OH is 1. The van der Waals surface area contributed by atoms with Gasteiger partial charge in [0.15, 0.2) is 6.10 Å². The molecule has 1 aliphatic heterocycles. The summed E-state index contributed by atoms with van der Waals surface area (Å²) in [5.74, 6) is -0.564. The third-order valence-corrected chi connectivity index (χ3v) is 4.00. The molecule has 2 rings (SSSR count). The Labute approximate surface area is 105 Å². The summed E-state index contributed by atoms with van der Waals surface area (Å²) in [5, 5.41) is 10.5. The SMILES string of the molecule is CCOC(=O)C(O)c1cccc2c1CC(C)S2. The average molecular weight is 252 g/mol. The lowest BCUT2D eigenvalue weighted by Crippen LogP contribution is -2.17. The third kappa shape index (κ3) is 2.48. The van der Waals surface area contributed by atoms with E-state index in [-0.39, 0.29) is 6.61 Å². The van der Waals surface area contributed by atoms with Crippen LogP contribution in [0.5, 0.6) is 0 Å². The van der Waals surface area contributed by atoms with Gasteiger partial charge in [0.25, 0.3) is 0 Å². The Morgan fingerprint density at radius 3 is 3.12 bits per heavy atom. The van der Waals surface area contributed by atoms with Crippen molar-refractivity contribution in [2.45, 2.75) is 36.5 Å². The van der Waals surface area contributed by atoms with Crippen LogP contribution in [0, 0.1) is 0 Å². The molecule has 1 aliphatic rings. The minimum Gasteiger partial charge on any atom is -0.464 e. The second-order valence-electron chi connectivity index (χ2n) is 4.11. The zero-order valence-corrected chi connectivity index (χ0v) is 10.8. The Kier molecular flexibility index (Phi) is 3.74. The highest BCUT2D eigenvalue weighted by Gasteiger charge is 2.27. The molecule has 92 valence electrons. The van der Waals surface area contributed by atoms with Gasteiger partial charge in [-0.05, 0) is 30.5 Å². The van der Waals surface area contributed by atoms with E-state index in [1.807, 2.05) is 12.1 Å². The van der Waals surface area contributed by atoms with Gasteiger partial charge in [-0.3, -0.25) is 0 Å². The number of hydrogen-bond acceptors (Lipinski definition) is 4. The Bertz CT molecular complexity index is 431. The van der Waals surface area contributed by atoms with Crippen LogP contribution in [0.3, 0.4) is 0 Å². The molecule has 0 bridgehead atoms. The molecule has 0 fully saturated rings. The summed E-state index contributed by atoms with van der Waals surface area (Å²) in [5.41, 5.74) is 1.78. The van der Waals surface area contributed by atoms with Gasteiger partial charge in [-0.15, -0.1) is 11.8 Å². The van der Waals surface area contributed by atoms with Crippen LogP contribution in [-0.2, 0) is 16.0 Å². The molecule has 0 spiro atoms. The molecule has 1 aromatic carbocycles. The highest BCUT2D eigenvalue weighted by molar-refractivity contribution is 8.00. The van der Waals surface area contributed by atoms with Crippen molar-refractivity contribution in [3.05, 3.63) is 29.3 Å². The Balaban J connectivity index is 2.28. The van der Waals surface area contributed by atoms with Crippen LogP contribution >= 0.6 is 11.8 Å². The van der Waals surface area contributed by atoms with Gasteiger partial charge in [0, 0.05) is 10.1 Å². The van der Waals surface area contributed by atoms with E-state index in [1.165, 1.54) is 4.90 Å². The maximum atomic E-state index is 11.5. The smallest absolute Gasteiger partial charge is 0.339 e. The molecule has 0 saturated heterocycles. The summed E-state index contributed by atoms with van der Waals surface area (Å²) < 4.78 is 4.85. The lowest BCUT2D eigenvalue weighted by atomic mass is 9.99. The Hall–Kier alpha value is -1.00. The zero-order valence-electron chi connectivity index (χ0n) is 9.97. The van der Waals surface area contributed by atoms with Crippen LogP contribution < -0.4 is 0 Å². The van der Waals surface area contributed by atoms with Gasteiger partial charge in [0.2, 0.25) is 0 Å². The van der Waals surface area contributed by atoms with Gasteiger partial charge in [0.05, 0.1) is 6.61 Å². The van der Waals surface area contributed by atoms with Crippen LogP contribution in [0.4, 0.5) is 0 Å². The first-order valence-electron chi connectivity index (χ1n) is 5.76. The molecule has 3 nitrogen and oxygen atoms in total. The first-order chi connectivity index (χ1) is 8.13. The predicted molar refractivity (Wildman–Crippen MR) is 67.1 cm³/mol. The Morgan fingerprint density at radius 1 is 1.65 bits per heavy atom. The molecular weight excluding hydrogens is 236 g/mol. The third-order valence-electron chi connectivity index (χ3n) is 2.79. The molecule has 2 unspecified atom stereocenters. The lowest BCUT2D eigenvalue weighted by Gasteiger charge is -2.13. The van der Waals surface area contributed by atoms with Gasteiger partial charge in [-0.2, -0.15) is 0 Å². The second kappa shape index (κ2) is 5.10. The number of hydrogen-bond donors (Lipinski definition) is 1. The fourth-order valence-corrected chi connectivity index (χ4v) is 3.25. The van der Waals surface area contributed by atoms with Crippen molar-refractivity contribution in [3.63, 3.8) is 0 Å². The second-order valence-corrected chi connectivity index (χ2v) is 5.59. The minimum atomic E-state index is -1.16. The number of rotatable bonds is 3. The van der Waals surface area contributed by atoms with E-state index in [0.717, 1.165) is 12.0 Å². The molecular formula is C13H16O3S. The van der Waals surface area contributed by atoms with E-state index < -0.39 is 12.1 Å². The number of ether oxygens (including phenoxy) is 1. The summed E-state index contributed by atoms with van der Waals surface area (Å²) in [7, 11) is 0. The number of carbonyl (C=O) groups excluding carboxylic acids is 1. The first-order valence-corrected chi connectivity index (χ1v) is 6.64. The fourth-order valence-electron chi connectivity index (χ4n) is 2.06. The molecule has 0 amide bonds. The topological polar surface area (TPSA) is 46.5 Å². The van der Waals surface area contributed by atoms with Gasteiger partial charge < -0.3 is 9.84 Å². The molecule has 0 saturated carbocycles. The van der Waals surface area contributed by atoms with Crippen molar-refractivity contribution in [2.24, 2.45) is 0 Å². The summed E-state index contributed by atoms with van der Waals surface area (Å²) in [6.45, 7) is 4.17. The van der Waals surface area contributed by atoms with Crippen molar-refractivity contribution < 1.29 is 14.6 Å². The number of thioether (sulfide) groups is 1. The van der Waals surface area contributed by atoms with Crippen LogP contribution in [0.2, 0.25) is 0 Å². The normalized spacial score (nSPS) is 19.8.